The molecular weight excluding hydrogens is 206 g/mol. The predicted octanol–water partition coefficient (Wildman–Crippen LogP) is 3.86. The number of hydrogen-bond donors (Lipinski definition) is 0. The molecule has 2 aromatic heterocycles. The highest BCUT2D eigenvalue weighted by atomic mass is 32.1. The Kier molecular flexibility index (Phi) is 1.86. The fourth-order valence-electron chi connectivity index (χ4n) is 1.64. The Balaban J connectivity index is 2.32. The Bertz CT molecular complexity index is 595. The minimum absolute atomic E-state index is 0.851. The van der Waals surface area contributed by atoms with Gasteiger partial charge in [0.25, 0.3) is 0 Å². The number of nitrogens with zero attached hydrogens (tertiary/aromatic N) is 1. The molecule has 2 heterocycles. The second kappa shape index (κ2) is 3.21. The number of thiophene rings is 1. The molecule has 0 fully saturated rings. The molecule has 3 heteroatoms. The Labute approximate surface area is 91.1 Å². The smallest absolute Gasteiger partial charge is 0.167 e. The summed E-state index contributed by atoms with van der Waals surface area (Å²) < 4.78 is 5.28. The minimum Gasteiger partial charge on any atom is -0.356 e. The van der Waals surface area contributed by atoms with Gasteiger partial charge in [-0.3, -0.25) is 0 Å². The summed E-state index contributed by atoms with van der Waals surface area (Å²) in [4.78, 5) is 1.15. The molecule has 1 aromatic carbocycles. The minimum atomic E-state index is 0.851. The average Bonchev–Trinajstić information content (AvgIpc) is 2.83. The molecule has 0 aliphatic rings. The summed E-state index contributed by atoms with van der Waals surface area (Å²) >= 11 is 1.68. The highest BCUT2D eigenvalue weighted by Gasteiger charge is 2.10. The molecule has 0 aliphatic heterocycles. The zero-order valence-corrected chi connectivity index (χ0v) is 9.04. The lowest BCUT2D eigenvalue weighted by molar-refractivity contribution is 0.459. The van der Waals surface area contributed by atoms with Crippen molar-refractivity contribution < 1.29 is 4.52 Å². The number of benzene rings is 1. The van der Waals surface area contributed by atoms with Gasteiger partial charge >= 0.3 is 0 Å². The van der Waals surface area contributed by atoms with Crippen LogP contribution in [0.2, 0.25) is 0 Å². The standard InChI is InChI=1S/C12H9NOS/c1-8-4-5-10-9(7-8)12(13-14-10)11-3-2-6-15-11/h2-7H,1H3. The molecule has 0 bridgehead atoms. The van der Waals surface area contributed by atoms with Crippen molar-refractivity contribution in [2.24, 2.45) is 0 Å². The van der Waals surface area contributed by atoms with Gasteiger partial charge in [-0.15, -0.1) is 11.3 Å². The van der Waals surface area contributed by atoms with Crippen molar-refractivity contribution in [3.8, 4) is 10.6 Å². The first kappa shape index (κ1) is 8.68. The van der Waals surface area contributed by atoms with Gasteiger partial charge in [0, 0.05) is 0 Å². The summed E-state index contributed by atoms with van der Waals surface area (Å²) in [5.74, 6) is 0. The van der Waals surface area contributed by atoms with E-state index >= 15 is 0 Å². The summed E-state index contributed by atoms with van der Waals surface area (Å²) in [5.41, 5.74) is 3.02. The first-order valence-corrected chi connectivity index (χ1v) is 5.62. The van der Waals surface area contributed by atoms with Gasteiger partial charge in [-0.05, 0) is 30.5 Å². The van der Waals surface area contributed by atoms with Crippen molar-refractivity contribution in [3.63, 3.8) is 0 Å². The van der Waals surface area contributed by atoms with E-state index in [2.05, 4.69) is 24.2 Å². The molecule has 2 nitrogen and oxygen atoms in total. The predicted molar refractivity (Wildman–Crippen MR) is 62.1 cm³/mol. The number of hydrogen-bond acceptors (Lipinski definition) is 3. The van der Waals surface area contributed by atoms with E-state index in [9.17, 15) is 0 Å². The summed E-state index contributed by atoms with van der Waals surface area (Å²) in [7, 11) is 0. The highest BCUT2D eigenvalue weighted by Crippen LogP contribution is 2.31. The molecule has 0 saturated heterocycles. The topological polar surface area (TPSA) is 26.0 Å². The van der Waals surface area contributed by atoms with Gasteiger partial charge in [0.15, 0.2) is 5.58 Å². The summed E-state index contributed by atoms with van der Waals surface area (Å²) in [6.07, 6.45) is 0. The van der Waals surface area contributed by atoms with Crippen molar-refractivity contribution in [1.29, 1.82) is 0 Å². The molecule has 74 valence electrons. The van der Waals surface area contributed by atoms with Gasteiger partial charge in [0.2, 0.25) is 0 Å². The van der Waals surface area contributed by atoms with E-state index in [0.29, 0.717) is 0 Å². The molecule has 0 unspecified atom stereocenters. The molecule has 15 heavy (non-hydrogen) atoms. The van der Waals surface area contributed by atoms with Crippen LogP contribution in [0, 0.1) is 6.92 Å². The largest absolute Gasteiger partial charge is 0.356 e. The number of aryl methyl sites for hydroxylation is 1. The fourth-order valence-corrected chi connectivity index (χ4v) is 2.36. The van der Waals surface area contributed by atoms with E-state index in [1.807, 2.05) is 23.6 Å². The lowest BCUT2D eigenvalue weighted by atomic mass is 10.1. The molecular formula is C12H9NOS. The van der Waals surface area contributed by atoms with Gasteiger partial charge in [-0.2, -0.15) is 0 Å². The Hall–Kier alpha value is -1.61. The molecule has 0 amide bonds. The summed E-state index contributed by atoms with van der Waals surface area (Å²) in [5, 5.41) is 7.26. The number of fused-ring (bicyclic) bond motifs is 1. The van der Waals surface area contributed by atoms with E-state index in [1.165, 1.54) is 5.56 Å². The Morgan fingerprint density at radius 1 is 1.27 bits per heavy atom. The number of aromatic nitrogens is 1. The van der Waals surface area contributed by atoms with Crippen LogP contribution in [-0.2, 0) is 0 Å². The third kappa shape index (κ3) is 1.36. The molecule has 0 N–H and O–H groups in total. The molecule has 0 radical (unpaired) electrons. The summed E-state index contributed by atoms with van der Waals surface area (Å²) in [6, 6.07) is 10.2. The molecule has 0 aliphatic carbocycles. The van der Waals surface area contributed by atoms with Crippen LogP contribution in [0.25, 0.3) is 21.5 Å². The van der Waals surface area contributed by atoms with Gasteiger partial charge in [0.1, 0.15) is 5.69 Å². The van der Waals surface area contributed by atoms with Gasteiger partial charge in [0.05, 0.1) is 10.3 Å². The van der Waals surface area contributed by atoms with E-state index in [-0.39, 0.29) is 0 Å². The van der Waals surface area contributed by atoms with E-state index < -0.39 is 0 Å². The molecule has 0 saturated carbocycles. The monoisotopic (exact) mass is 215 g/mol. The molecule has 0 atom stereocenters. The van der Waals surface area contributed by atoms with E-state index in [1.54, 1.807) is 11.3 Å². The van der Waals surface area contributed by atoms with Gasteiger partial charge in [-0.1, -0.05) is 22.9 Å². The lowest BCUT2D eigenvalue weighted by Gasteiger charge is -1.92. The van der Waals surface area contributed by atoms with Crippen LogP contribution in [0.15, 0.2) is 40.2 Å². The van der Waals surface area contributed by atoms with Crippen molar-refractivity contribution in [2.75, 3.05) is 0 Å². The maximum atomic E-state index is 5.28. The third-order valence-electron chi connectivity index (χ3n) is 2.38. The van der Waals surface area contributed by atoms with Crippen molar-refractivity contribution >= 4 is 22.3 Å². The van der Waals surface area contributed by atoms with Crippen LogP contribution in [0.1, 0.15) is 5.56 Å². The van der Waals surface area contributed by atoms with Crippen LogP contribution >= 0.6 is 11.3 Å². The van der Waals surface area contributed by atoms with Crippen molar-refractivity contribution in [2.45, 2.75) is 6.92 Å². The molecule has 3 aromatic rings. The first-order chi connectivity index (χ1) is 7.34. The van der Waals surface area contributed by atoms with Gasteiger partial charge < -0.3 is 4.52 Å². The Morgan fingerprint density at radius 3 is 3.00 bits per heavy atom. The average molecular weight is 215 g/mol. The second-order valence-corrected chi connectivity index (χ2v) is 4.46. The van der Waals surface area contributed by atoms with E-state index in [0.717, 1.165) is 21.5 Å². The fraction of sp³-hybridized carbons (Fsp3) is 0.0833. The molecule has 0 spiro atoms. The zero-order chi connectivity index (χ0) is 10.3. The first-order valence-electron chi connectivity index (χ1n) is 4.74. The van der Waals surface area contributed by atoms with Crippen LogP contribution in [-0.4, -0.2) is 5.16 Å². The zero-order valence-electron chi connectivity index (χ0n) is 8.23. The van der Waals surface area contributed by atoms with Crippen LogP contribution in [0.3, 0.4) is 0 Å². The van der Waals surface area contributed by atoms with Crippen LogP contribution in [0.5, 0.6) is 0 Å². The van der Waals surface area contributed by atoms with Crippen molar-refractivity contribution in [1.82, 2.24) is 5.16 Å². The highest BCUT2D eigenvalue weighted by molar-refractivity contribution is 7.13. The third-order valence-corrected chi connectivity index (χ3v) is 3.26. The maximum absolute atomic E-state index is 5.28. The number of rotatable bonds is 1. The van der Waals surface area contributed by atoms with E-state index in [4.69, 9.17) is 4.52 Å². The quantitative estimate of drug-likeness (QED) is 0.616. The van der Waals surface area contributed by atoms with Gasteiger partial charge in [-0.25, -0.2) is 0 Å². The second-order valence-electron chi connectivity index (χ2n) is 3.51. The normalized spacial score (nSPS) is 11.0. The maximum Gasteiger partial charge on any atom is 0.167 e. The summed E-state index contributed by atoms with van der Waals surface area (Å²) in [6.45, 7) is 2.07. The SMILES string of the molecule is Cc1ccc2onc(-c3cccs3)c2c1. The Morgan fingerprint density at radius 2 is 2.20 bits per heavy atom. The van der Waals surface area contributed by atoms with Crippen LogP contribution < -0.4 is 0 Å². The lowest BCUT2D eigenvalue weighted by Crippen LogP contribution is -1.74. The van der Waals surface area contributed by atoms with Crippen molar-refractivity contribution in [3.05, 3.63) is 41.3 Å². The van der Waals surface area contributed by atoms with Crippen LogP contribution in [0.4, 0.5) is 0 Å². The molecule has 3 rings (SSSR count).